The molecule has 2 amide bonds. The Balaban J connectivity index is 1.21. The van der Waals surface area contributed by atoms with Crippen LogP contribution in [0.4, 0.5) is 4.79 Å². The van der Waals surface area contributed by atoms with Gasteiger partial charge in [-0.3, -0.25) is 0 Å². The lowest BCUT2D eigenvalue weighted by molar-refractivity contribution is -0.189. The highest BCUT2D eigenvalue weighted by Crippen LogP contribution is 2.56. The van der Waals surface area contributed by atoms with Crippen molar-refractivity contribution in [3.63, 3.8) is 0 Å². The molecule has 1 saturated carbocycles. The number of piperidine rings is 1. The number of ether oxygens (including phenoxy) is 2. The van der Waals surface area contributed by atoms with E-state index in [0.29, 0.717) is 31.1 Å². The summed E-state index contributed by atoms with van der Waals surface area (Å²) in [6, 6.07) is 9.06. The van der Waals surface area contributed by atoms with Crippen LogP contribution in [0.1, 0.15) is 36.8 Å². The van der Waals surface area contributed by atoms with Crippen LogP contribution >= 0.6 is 0 Å². The number of urea groups is 1. The molecule has 0 radical (unpaired) electrons. The van der Waals surface area contributed by atoms with Crippen molar-refractivity contribution in [3.05, 3.63) is 35.4 Å². The standard InChI is InChI=1S/C20H26N2O3/c1-20(24-9-10-25-20)14-6-4-8-22(12-14)19(23)21-18-16-11-13-5-2-3-7-15(13)17(16)18/h2-3,5,7,14,16-18H,4,6,8-12H2,1H3,(H,21,23). The fourth-order valence-electron chi connectivity index (χ4n) is 5.14. The summed E-state index contributed by atoms with van der Waals surface area (Å²) in [6.07, 6.45) is 3.18. The highest BCUT2D eigenvalue weighted by molar-refractivity contribution is 5.75. The second-order valence-corrected chi connectivity index (χ2v) is 8.07. The number of amides is 2. The van der Waals surface area contributed by atoms with Crippen molar-refractivity contribution in [1.82, 2.24) is 10.2 Å². The summed E-state index contributed by atoms with van der Waals surface area (Å²) in [5.74, 6) is 0.864. The van der Waals surface area contributed by atoms with Gasteiger partial charge in [-0.25, -0.2) is 4.79 Å². The predicted molar refractivity (Wildman–Crippen MR) is 93.3 cm³/mol. The topological polar surface area (TPSA) is 50.8 Å². The van der Waals surface area contributed by atoms with Crippen molar-refractivity contribution in [2.45, 2.75) is 43.9 Å². The first kappa shape index (κ1) is 15.6. The average Bonchev–Trinajstić information content (AvgIpc) is 2.99. The van der Waals surface area contributed by atoms with Crippen molar-refractivity contribution in [2.24, 2.45) is 11.8 Å². The van der Waals surface area contributed by atoms with Gasteiger partial charge >= 0.3 is 6.03 Å². The molecule has 0 aromatic heterocycles. The van der Waals surface area contributed by atoms with Gasteiger partial charge in [0.15, 0.2) is 5.79 Å². The molecule has 4 unspecified atom stereocenters. The molecule has 2 heterocycles. The lowest BCUT2D eigenvalue weighted by atomic mass is 9.90. The number of hydrogen-bond acceptors (Lipinski definition) is 3. The van der Waals surface area contributed by atoms with Crippen LogP contribution in [0.15, 0.2) is 24.3 Å². The molecular weight excluding hydrogens is 316 g/mol. The number of benzene rings is 1. The number of nitrogens with one attached hydrogen (secondary N) is 1. The van der Waals surface area contributed by atoms with Gasteiger partial charge in [0.25, 0.3) is 0 Å². The highest BCUT2D eigenvalue weighted by atomic mass is 16.7. The highest BCUT2D eigenvalue weighted by Gasteiger charge is 2.56. The summed E-state index contributed by atoms with van der Waals surface area (Å²) in [5, 5.41) is 3.30. The van der Waals surface area contributed by atoms with E-state index in [4.69, 9.17) is 9.47 Å². The number of rotatable bonds is 2. The molecule has 3 fully saturated rings. The molecule has 1 aromatic carbocycles. The summed E-state index contributed by atoms with van der Waals surface area (Å²) >= 11 is 0. The number of likely N-dealkylation sites (tertiary alicyclic amines) is 1. The normalized spacial score (nSPS) is 35.2. The Labute approximate surface area is 148 Å². The third-order valence-corrected chi connectivity index (χ3v) is 6.64. The first-order valence-corrected chi connectivity index (χ1v) is 9.57. The molecule has 5 heteroatoms. The van der Waals surface area contributed by atoms with Gasteiger partial charge in [0.1, 0.15) is 0 Å². The molecule has 0 spiro atoms. The molecule has 2 aliphatic carbocycles. The van der Waals surface area contributed by atoms with E-state index in [1.807, 2.05) is 11.8 Å². The Morgan fingerprint density at radius 2 is 2.08 bits per heavy atom. The SMILES string of the molecule is CC1(C2CCCN(C(=O)NC3C4Cc5ccccc5C43)C2)OCCO1. The first-order chi connectivity index (χ1) is 12.2. The molecule has 25 heavy (non-hydrogen) atoms. The van der Waals surface area contributed by atoms with Gasteiger partial charge in [-0.2, -0.15) is 0 Å². The van der Waals surface area contributed by atoms with Crippen molar-refractivity contribution in [3.8, 4) is 0 Å². The largest absolute Gasteiger partial charge is 0.347 e. The molecule has 4 atom stereocenters. The monoisotopic (exact) mass is 342 g/mol. The lowest BCUT2D eigenvalue weighted by Crippen LogP contribution is -2.52. The molecule has 0 bridgehead atoms. The molecule has 1 N–H and O–H groups in total. The molecule has 2 saturated heterocycles. The zero-order valence-electron chi connectivity index (χ0n) is 14.7. The van der Waals surface area contributed by atoms with Gasteiger partial charge in [-0.15, -0.1) is 0 Å². The van der Waals surface area contributed by atoms with Crippen LogP contribution in [-0.4, -0.2) is 49.1 Å². The Morgan fingerprint density at radius 1 is 1.28 bits per heavy atom. The smallest absolute Gasteiger partial charge is 0.317 e. The number of hydrogen-bond donors (Lipinski definition) is 1. The van der Waals surface area contributed by atoms with Crippen molar-refractivity contribution < 1.29 is 14.3 Å². The van der Waals surface area contributed by atoms with E-state index >= 15 is 0 Å². The van der Waals surface area contributed by atoms with Gasteiger partial charge < -0.3 is 19.7 Å². The van der Waals surface area contributed by atoms with Gasteiger partial charge in [-0.1, -0.05) is 24.3 Å². The van der Waals surface area contributed by atoms with E-state index in [1.54, 1.807) is 0 Å². The second kappa shape index (κ2) is 5.71. The van der Waals surface area contributed by atoms with Crippen LogP contribution in [-0.2, 0) is 15.9 Å². The number of fused-ring (bicyclic) bond motifs is 3. The molecule has 4 aliphatic rings. The van der Waals surface area contributed by atoms with Crippen molar-refractivity contribution in [2.75, 3.05) is 26.3 Å². The molecule has 2 aliphatic heterocycles. The van der Waals surface area contributed by atoms with Crippen LogP contribution in [0, 0.1) is 11.8 Å². The van der Waals surface area contributed by atoms with Crippen LogP contribution in [0.25, 0.3) is 0 Å². The van der Waals surface area contributed by atoms with Gasteiger partial charge in [0.05, 0.1) is 13.2 Å². The summed E-state index contributed by atoms with van der Waals surface area (Å²) in [4.78, 5) is 14.8. The molecule has 134 valence electrons. The Kier molecular flexibility index (Phi) is 3.57. The van der Waals surface area contributed by atoms with Crippen LogP contribution in [0.3, 0.4) is 0 Å². The van der Waals surface area contributed by atoms with E-state index in [9.17, 15) is 4.79 Å². The third kappa shape index (κ3) is 2.56. The minimum absolute atomic E-state index is 0.0863. The maximum atomic E-state index is 12.8. The van der Waals surface area contributed by atoms with Crippen LogP contribution in [0.5, 0.6) is 0 Å². The van der Waals surface area contributed by atoms with Crippen LogP contribution < -0.4 is 5.32 Å². The van der Waals surface area contributed by atoms with Gasteiger partial charge in [0, 0.05) is 31.0 Å². The molecule has 5 rings (SSSR count). The second-order valence-electron chi connectivity index (χ2n) is 8.07. The minimum atomic E-state index is -0.520. The van der Waals surface area contributed by atoms with E-state index in [1.165, 1.54) is 11.1 Å². The summed E-state index contributed by atoms with van der Waals surface area (Å²) in [5.41, 5.74) is 2.90. The summed E-state index contributed by atoms with van der Waals surface area (Å²) in [7, 11) is 0. The fraction of sp³-hybridized carbons (Fsp3) is 0.650. The van der Waals surface area contributed by atoms with E-state index in [-0.39, 0.29) is 11.9 Å². The zero-order valence-corrected chi connectivity index (χ0v) is 14.7. The van der Waals surface area contributed by atoms with Crippen molar-refractivity contribution in [1.29, 1.82) is 0 Å². The molecule has 5 nitrogen and oxygen atoms in total. The Bertz CT molecular complexity index is 685. The van der Waals surface area contributed by atoms with Crippen LogP contribution in [0.2, 0.25) is 0 Å². The lowest BCUT2D eigenvalue weighted by Gasteiger charge is -2.39. The van der Waals surface area contributed by atoms with Crippen molar-refractivity contribution >= 4 is 6.03 Å². The Morgan fingerprint density at radius 3 is 2.92 bits per heavy atom. The van der Waals surface area contributed by atoms with E-state index in [2.05, 4.69) is 29.6 Å². The first-order valence-electron chi connectivity index (χ1n) is 9.57. The minimum Gasteiger partial charge on any atom is -0.347 e. The van der Waals surface area contributed by atoms with Gasteiger partial charge in [-0.05, 0) is 43.2 Å². The predicted octanol–water partition coefficient (Wildman–Crippen LogP) is 2.51. The summed E-state index contributed by atoms with van der Waals surface area (Å²) < 4.78 is 11.6. The van der Waals surface area contributed by atoms with E-state index in [0.717, 1.165) is 32.4 Å². The number of carbonyl (C=O) groups is 1. The zero-order chi connectivity index (χ0) is 17.0. The Hall–Kier alpha value is -1.59. The average molecular weight is 342 g/mol. The maximum Gasteiger partial charge on any atom is 0.317 e. The summed E-state index contributed by atoms with van der Waals surface area (Å²) in [6.45, 7) is 4.89. The number of nitrogens with zero attached hydrogens (tertiary/aromatic N) is 1. The fourth-order valence-corrected chi connectivity index (χ4v) is 5.14. The van der Waals surface area contributed by atoms with Gasteiger partial charge in [0.2, 0.25) is 0 Å². The maximum absolute atomic E-state index is 12.8. The molecule has 1 aromatic rings. The van der Waals surface area contributed by atoms with E-state index < -0.39 is 5.79 Å². The third-order valence-electron chi connectivity index (χ3n) is 6.64. The number of carbonyl (C=O) groups excluding carboxylic acids is 1. The molecular formula is C20H26N2O3. The quantitative estimate of drug-likeness (QED) is 0.898.